The Bertz CT molecular complexity index is 580. The van der Waals surface area contributed by atoms with Gasteiger partial charge in [-0.1, -0.05) is 47.6 Å². The highest BCUT2D eigenvalue weighted by Crippen LogP contribution is 2.24. The van der Waals surface area contributed by atoms with Crippen LogP contribution in [0.15, 0.2) is 41.3 Å². The summed E-state index contributed by atoms with van der Waals surface area (Å²) >= 11 is 13.3. The summed E-state index contributed by atoms with van der Waals surface area (Å²) < 4.78 is 1.87. The van der Waals surface area contributed by atoms with Crippen molar-refractivity contribution in [1.82, 2.24) is 14.8 Å². The smallest absolute Gasteiger partial charge is 0.195 e. The molecule has 0 saturated heterocycles. The highest BCUT2D eigenvalue weighted by Gasteiger charge is 2.08. The van der Waals surface area contributed by atoms with Crippen LogP contribution in [0.2, 0.25) is 5.02 Å². The van der Waals surface area contributed by atoms with Gasteiger partial charge >= 0.3 is 0 Å². The molecule has 0 aliphatic heterocycles. The van der Waals surface area contributed by atoms with E-state index in [0.717, 1.165) is 21.4 Å². The van der Waals surface area contributed by atoms with Gasteiger partial charge in [0.05, 0.1) is 5.69 Å². The van der Waals surface area contributed by atoms with Crippen molar-refractivity contribution in [2.45, 2.75) is 12.1 Å². The summed E-state index contributed by atoms with van der Waals surface area (Å²) in [5, 5.41) is 10.0. The standard InChI is InChI=1S/C12H11Cl2N3S/c1-8-3-4-10(5-11(8)14)17-7-15-16-12(17)18-6-9(2)13/h3-5,7H,2,6H2,1H3. The fraction of sp³-hybridized carbons (Fsp3) is 0.167. The lowest BCUT2D eigenvalue weighted by Crippen LogP contribution is -1.96. The van der Waals surface area contributed by atoms with Crippen molar-refractivity contribution in [1.29, 1.82) is 0 Å². The number of benzene rings is 1. The van der Waals surface area contributed by atoms with Crippen molar-refractivity contribution < 1.29 is 0 Å². The third-order valence-corrected chi connectivity index (χ3v) is 4.04. The molecule has 3 nitrogen and oxygen atoms in total. The van der Waals surface area contributed by atoms with E-state index < -0.39 is 0 Å². The number of rotatable bonds is 4. The Labute approximate surface area is 120 Å². The molecule has 0 fully saturated rings. The van der Waals surface area contributed by atoms with Crippen LogP contribution in [0.4, 0.5) is 0 Å². The Morgan fingerprint density at radius 2 is 2.28 bits per heavy atom. The van der Waals surface area contributed by atoms with E-state index in [1.165, 1.54) is 11.8 Å². The van der Waals surface area contributed by atoms with E-state index in [2.05, 4.69) is 16.8 Å². The van der Waals surface area contributed by atoms with Gasteiger partial charge in [0.25, 0.3) is 0 Å². The minimum atomic E-state index is 0.580. The van der Waals surface area contributed by atoms with Gasteiger partial charge in [0, 0.05) is 15.8 Å². The van der Waals surface area contributed by atoms with Crippen molar-refractivity contribution in [3.63, 3.8) is 0 Å². The van der Waals surface area contributed by atoms with Crippen LogP contribution in [0.1, 0.15) is 5.56 Å². The van der Waals surface area contributed by atoms with Gasteiger partial charge in [-0.05, 0) is 24.6 Å². The molecule has 1 heterocycles. The van der Waals surface area contributed by atoms with Crippen LogP contribution in [0.25, 0.3) is 5.69 Å². The van der Waals surface area contributed by atoms with Gasteiger partial charge in [0.2, 0.25) is 0 Å². The van der Waals surface area contributed by atoms with E-state index in [1.807, 2.05) is 29.7 Å². The lowest BCUT2D eigenvalue weighted by Gasteiger charge is -2.07. The third kappa shape index (κ3) is 3.07. The molecule has 6 heteroatoms. The number of hydrogen-bond acceptors (Lipinski definition) is 3. The topological polar surface area (TPSA) is 30.7 Å². The second-order valence-corrected chi connectivity index (χ2v) is 5.61. The molecule has 18 heavy (non-hydrogen) atoms. The lowest BCUT2D eigenvalue weighted by molar-refractivity contribution is 0.885. The summed E-state index contributed by atoms with van der Waals surface area (Å²) in [6.07, 6.45) is 1.65. The minimum Gasteiger partial charge on any atom is -0.277 e. The third-order valence-electron chi connectivity index (χ3n) is 2.31. The molecule has 0 unspecified atom stereocenters. The Morgan fingerprint density at radius 1 is 1.50 bits per heavy atom. The second-order valence-electron chi connectivity index (χ2n) is 3.72. The number of hydrogen-bond donors (Lipinski definition) is 0. The molecular weight excluding hydrogens is 289 g/mol. The van der Waals surface area contributed by atoms with Gasteiger partial charge in [0.1, 0.15) is 6.33 Å². The zero-order valence-corrected chi connectivity index (χ0v) is 12.1. The van der Waals surface area contributed by atoms with Crippen LogP contribution in [0, 0.1) is 6.92 Å². The molecule has 0 aliphatic carbocycles. The van der Waals surface area contributed by atoms with Crippen molar-refractivity contribution in [3.05, 3.63) is 46.7 Å². The molecule has 0 N–H and O–H groups in total. The first kappa shape index (κ1) is 13.5. The van der Waals surface area contributed by atoms with E-state index in [-0.39, 0.29) is 0 Å². The van der Waals surface area contributed by atoms with E-state index in [1.54, 1.807) is 6.33 Å². The average molecular weight is 300 g/mol. The molecule has 0 bridgehead atoms. The summed E-state index contributed by atoms with van der Waals surface area (Å²) in [4.78, 5) is 0. The molecule has 0 aliphatic rings. The van der Waals surface area contributed by atoms with Gasteiger partial charge in [0.15, 0.2) is 5.16 Å². The van der Waals surface area contributed by atoms with Crippen molar-refractivity contribution in [3.8, 4) is 5.69 Å². The Kier molecular flexibility index (Phi) is 4.32. The van der Waals surface area contributed by atoms with E-state index in [9.17, 15) is 0 Å². The van der Waals surface area contributed by atoms with Gasteiger partial charge in [-0.2, -0.15) is 0 Å². The lowest BCUT2D eigenvalue weighted by atomic mass is 10.2. The summed E-state index contributed by atoms with van der Waals surface area (Å²) in [5.74, 6) is 0.597. The number of halogens is 2. The predicted octanol–water partition coefficient (Wildman–Crippen LogP) is 4.07. The molecule has 0 amide bonds. The first-order chi connectivity index (χ1) is 8.58. The summed E-state index contributed by atoms with van der Waals surface area (Å²) in [6, 6.07) is 5.83. The maximum absolute atomic E-state index is 6.11. The monoisotopic (exact) mass is 299 g/mol. The number of nitrogens with zero attached hydrogens (tertiary/aromatic N) is 3. The first-order valence-electron chi connectivity index (χ1n) is 5.20. The Hall–Kier alpha value is -0.970. The van der Waals surface area contributed by atoms with Crippen LogP contribution < -0.4 is 0 Å². The molecule has 0 saturated carbocycles. The minimum absolute atomic E-state index is 0.580. The maximum atomic E-state index is 6.11. The molecule has 1 aromatic heterocycles. The van der Waals surface area contributed by atoms with E-state index >= 15 is 0 Å². The largest absolute Gasteiger partial charge is 0.277 e. The van der Waals surface area contributed by atoms with Gasteiger partial charge in [-0.15, -0.1) is 10.2 Å². The predicted molar refractivity (Wildman–Crippen MR) is 76.8 cm³/mol. The quantitative estimate of drug-likeness (QED) is 0.797. The van der Waals surface area contributed by atoms with Crippen LogP contribution in [0.3, 0.4) is 0 Å². The summed E-state index contributed by atoms with van der Waals surface area (Å²) in [5.41, 5.74) is 1.97. The molecule has 2 rings (SSSR count). The van der Waals surface area contributed by atoms with E-state index in [4.69, 9.17) is 23.2 Å². The zero-order chi connectivity index (χ0) is 13.1. The summed E-state index contributed by atoms with van der Waals surface area (Å²) in [6.45, 7) is 5.61. The highest BCUT2D eigenvalue weighted by atomic mass is 35.5. The summed E-state index contributed by atoms with van der Waals surface area (Å²) in [7, 11) is 0. The van der Waals surface area contributed by atoms with Crippen molar-refractivity contribution in [2.24, 2.45) is 0 Å². The fourth-order valence-corrected chi connectivity index (χ4v) is 2.40. The van der Waals surface area contributed by atoms with Crippen LogP contribution >= 0.6 is 35.0 Å². The Morgan fingerprint density at radius 3 is 2.94 bits per heavy atom. The molecule has 0 spiro atoms. The van der Waals surface area contributed by atoms with Gasteiger partial charge < -0.3 is 0 Å². The first-order valence-corrected chi connectivity index (χ1v) is 6.94. The SMILES string of the molecule is C=C(Cl)CSc1nncn1-c1ccc(C)c(Cl)c1. The second kappa shape index (κ2) is 5.78. The molecule has 2 aromatic rings. The van der Waals surface area contributed by atoms with E-state index in [0.29, 0.717) is 10.8 Å². The molecule has 94 valence electrons. The van der Waals surface area contributed by atoms with Gasteiger partial charge in [-0.25, -0.2) is 0 Å². The Balaban J connectivity index is 2.30. The molecule has 0 atom stereocenters. The van der Waals surface area contributed by atoms with Crippen molar-refractivity contribution in [2.75, 3.05) is 5.75 Å². The van der Waals surface area contributed by atoms with Crippen LogP contribution in [-0.4, -0.2) is 20.5 Å². The number of aromatic nitrogens is 3. The van der Waals surface area contributed by atoms with Gasteiger partial charge in [-0.3, -0.25) is 4.57 Å². The number of aryl methyl sites for hydroxylation is 1. The normalized spacial score (nSPS) is 10.6. The maximum Gasteiger partial charge on any atom is 0.195 e. The number of thioether (sulfide) groups is 1. The molecule has 0 radical (unpaired) electrons. The van der Waals surface area contributed by atoms with Crippen LogP contribution in [0.5, 0.6) is 0 Å². The average Bonchev–Trinajstić information content (AvgIpc) is 2.78. The molecular formula is C12H11Cl2N3S. The fourth-order valence-electron chi connectivity index (χ4n) is 1.37. The highest BCUT2D eigenvalue weighted by molar-refractivity contribution is 7.99. The molecule has 1 aromatic carbocycles. The van der Waals surface area contributed by atoms with Crippen LogP contribution in [-0.2, 0) is 0 Å². The zero-order valence-electron chi connectivity index (χ0n) is 9.73. The van der Waals surface area contributed by atoms with Crippen molar-refractivity contribution >= 4 is 35.0 Å².